The van der Waals surface area contributed by atoms with Gasteiger partial charge in [0.15, 0.2) is 5.82 Å². The molecule has 0 N–H and O–H groups in total. The van der Waals surface area contributed by atoms with E-state index in [1.165, 1.54) is 15.9 Å². The van der Waals surface area contributed by atoms with Crippen LogP contribution in [0.15, 0.2) is 46.7 Å². The Hall–Kier alpha value is -2.51. The molecule has 0 aliphatic carbocycles. The van der Waals surface area contributed by atoms with Crippen LogP contribution < -0.4 is 5.56 Å². The number of aromatic nitrogens is 5. The van der Waals surface area contributed by atoms with E-state index in [1.807, 2.05) is 35.1 Å². The van der Waals surface area contributed by atoms with Crippen molar-refractivity contribution in [1.29, 1.82) is 0 Å². The van der Waals surface area contributed by atoms with E-state index in [9.17, 15) is 4.79 Å². The third-order valence-electron chi connectivity index (χ3n) is 3.67. The highest BCUT2D eigenvalue weighted by molar-refractivity contribution is 7.13. The van der Waals surface area contributed by atoms with E-state index in [0.29, 0.717) is 23.3 Å². The molecular formula is C16H12ClN5OS. The Morgan fingerprint density at radius 3 is 2.88 bits per heavy atom. The minimum Gasteiger partial charge on any atom is -0.310 e. The zero-order valence-corrected chi connectivity index (χ0v) is 14.3. The highest BCUT2D eigenvalue weighted by Crippen LogP contribution is 2.21. The molecule has 0 fully saturated rings. The Labute approximate surface area is 146 Å². The van der Waals surface area contributed by atoms with E-state index < -0.39 is 0 Å². The summed E-state index contributed by atoms with van der Waals surface area (Å²) in [4.78, 5) is 21.8. The zero-order chi connectivity index (χ0) is 16.7. The fourth-order valence-corrected chi connectivity index (χ4v) is 3.25. The number of nitrogens with zero attached hydrogens (tertiary/aromatic N) is 5. The molecule has 0 aliphatic heterocycles. The topological polar surface area (TPSA) is 65.1 Å². The molecule has 0 unspecified atom stereocenters. The van der Waals surface area contributed by atoms with E-state index >= 15 is 0 Å². The molecule has 4 aromatic heterocycles. The summed E-state index contributed by atoms with van der Waals surface area (Å²) >= 11 is 7.38. The first-order chi connectivity index (χ1) is 11.6. The van der Waals surface area contributed by atoms with Gasteiger partial charge in [0.05, 0.1) is 11.4 Å². The van der Waals surface area contributed by atoms with E-state index in [4.69, 9.17) is 11.6 Å². The van der Waals surface area contributed by atoms with Gasteiger partial charge in [-0.25, -0.2) is 4.98 Å². The third kappa shape index (κ3) is 2.61. The van der Waals surface area contributed by atoms with Gasteiger partial charge in [-0.1, -0.05) is 23.7 Å². The fourth-order valence-electron chi connectivity index (χ4n) is 2.49. The monoisotopic (exact) mass is 357 g/mol. The molecule has 0 amide bonds. The zero-order valence-electron chi connectivity index (χ0n) is 12.7. The van der Waals surface area contributed by atoms with Gasteiger partial charge in [0.25, 0.3) is 5.56 Å². The van der Waals surface area contributed by atoms with Crippen molar-refractivity contribution in [3.05, 3.63) is 68.7 Å². The minimum absolute atomic E-state index is 0.191. The normalized spacial score (nSPS) is 11.2. The van der Waals surface area contributed by atoms with Crippen LogP contribution in [0.3, 0.4) is 0 Å². The van der Waals surface area contributed by atoms with Crippen LogP contribution in [-0.2, 0) is 6.54 Å². The van der Waals surface area contributed by atoms with Gasteiger partial charge < -0.3 is 4.57 Å². The second-order valence-electron chi connectivity index (χ2n) is 5.32. The van der Waals surface area contributed by atoms with Gasteiger partial charge in [-0.2, -0.15) is 9.50 Å². The molecule has 6 nitrogen and oxygen atoms in total. The summed E-state index contributed by atoms with van der Waals surface area (Å²) in [6.07, 6.45) is 1.72. The predicted octanol–water partition coefficient (Wildman–Crippen LogP) is 3.02. The van der Waals surface area contributed by atoms with Crippen LogP contribution in [0.2, 0.25) is 5.15 Å². The van der Waals surface area contributed by atoms with Crippen molar-refractivity contribution >= 4 is 28.7 Å². The summed E-state index contributed by atoms with van der Waals surface area (Å²) in [5, 5.41) is 6.76. The molecule has 0 saturated heterocycles. The SMILES string of the molecule is Cc1cc(=O)n2nc(-c3cccs3)nc2n1Cc1ccc(Cl)nc1. The van der Waals surface area contributed by atoms with Gasteiger partial charge in [-0.3, -0.25) is 4.79 Å². The number of fused-ring (bicyclic) bond motifs is 1. The Morgan fingerprint density at radius 1 is 1.29 bits per heavy atom. The summed E-state index contributed by atoms with van der Waals surface area (Å²) in [5.41, 5.74) is 1.59. The van der Waals surface area contributed by atoms with Crippen molar-refractivity contribution in [2.24, 2.45) is 0 Å². The van der Waals surface area contributed by atoms with Crippen molar-refractivity contribution < 1.29 is 0 Å². The average molecular weight is 358 g/mol. The molecule has 4 aromatic rings. The maximum Gasteiger partial charge on any atom is 0.275 e. The number of rotatable bonds is 3. The van der Waals surface area contributed by atoms with Crippen molar-refractivity contribution in [1.82, 2.24) is 24.1 Å². The number of pyridine rings is 1. The molecule has 4 heterocycles. The minimum atomic E-state index is -0.191. The number of aryl methyl sites for hydroxylation is 1. The second kappa shape index (κ2) is 5.85. The molecule has 8 heteroatoms. The van der Waals surface area contributed by atoms with E-state index in [2.05, 4.69) is 15.1 Å². The van der Waals surface area contributed by atoms with Gasteiger partial charge in [-0.15, -0.1) is 16.4 Å². The van der Waals surface area contributed by atoms with Crippen molar-refractivity contribution in [3.63, 3.8) is 0 Å². The lowest BCUT2D eigenvalue weighted by Gasteiger charge is -2.11. The summed E-state index contributed by atoms with van der Waals surface area (Å²) < 4.78 is 3.28. The summed E-state index contributed by atoms with van der Waals surface area (Å²) in [7, 11) is 0. The average Bonchev–Trinajstić information content (AvgIpc) is 3.22. The van der Waals surface area contributed by atoms with Crippen molar-refractivity contribution in [3.8, 4) is 10.7 Å². The predicted molar refractivity (Wildman–Crippen MR) is 93.6 cm³/mol. The Bertz CT molecular complexity index is 1070. The third-order valence-corrected chi connectivity index (χ3v) is 4.76. The lowest BCUT2D eigenvalue weighted by atomic mass is 10.2. The first kappa shape index (κ1) is 15.0. The van der Waals surface area contributed by atoms with Crippen LogP contribution in [0, 0.1) is 6.92 Å². The van der Waals surface area contributed by atoms with Gasteiger partial charge in [0.1, 0.15) is 5.15 Å². The first-order valence-corrected chi connectivity index (χ1v) is 8.49. The number of halogens is 1. The molecule has 0 atom stereocenters. The van der Waals surface area contributed by atoms with Gasteiger partial charge in [-0.05, 0) is 30.0 Å². The molecule has 4 rings (SSSR count). The molecule has 0 bridgehead atoms. The Morgan fingerprint density at radius 2 is 2.17 bits per heavy atom. The number of thiophene rings is 1. The van der Waals surface area contributed by atoms with Gasteiger partial charge in [0.2, 0.25) is 5.78 Å². The van der Waals surface area contributed by atoms with Crippen LogP contribution in [-0.4, -0.2) is 24.1 Å². The molecule has 0 radical (unpaired) electrons. The molecular weight excluding hydrogens is 346 g/mol. The van der Waals surface area contributed by atoms with Gasteiger partial charge in [0, 0.05) is 18.0 Å². The highest BCUT2D eigenvalue weighted by Gasteiger charge is 2.14. The summed E-state index contributed by atoms with van der Waals surface area (Å²) in [6.45, 7) is 2.41. The molecule has 24 heavy (non-hydrogen) atoms. The maximum atomic E-state index is 12.3. The van der Waals surface area contributed by atoms with Crippen LogP contribution in [0.4, 0.5) is 0 Å². The quantitative estimate of drug-likeness (QED) is 0.529. The largest absolute Gasteiger partial charge is 0.310 e. The van der Waals surface area contributed by atoms with E-state index in [0.717, 1.165) is 16.1 Å². The molecule has 120 valence electrons. The summed E-state index contributed by atoms with van der Waals surface area (Å²) in [6, 6.07) is 9.07. The molecule has 0 spiro atoms. The number of hydrogen-bond acceptors (Lipinski definition) is 5. The Balaban J connectivity index is 1.87. The van der Waals surface area contributed by atoms with Crippen LogP contribution in [0.1, 0.15) is 11.3 Å². The van der Waals surface area contributed by atoms with Crippen LogP contribution in [0.5, 0.6) is 0 Å². The number of hydrogen-bond donors (Lipinski definition) is 0. The van der Waals surface area contributed by atoms with Crippen molar-refractivity contribution in [2.45, 2.75) is 13.5 Å². The Kier molecular flexibility index (Phi) is 3.66. The molecule has 0 saturated carbocycles. The summed E-state index contributed by atoms with van der Waals surface area (Å²) in [5.74, 6) is 1.06. The molecule has 0 aromatic carbocycles. The van der Waals surface area contributed by atoms with Crippen molar-refractivity contribution in [2.75, 3.05) is 0 Å². The lowest BCUT2D eigenvalue weighted by molar-refractivity contribution is 0.729. The van der Waals surface area contributed by atoms with Crippen LogP contribution >= 0.6 is 22.9 Å². The van der Waals surface area contributed by atoms with Gasteiger partial charge >= 0.3 is 0 Å². The lowest BCUT2D eigenvalue weighted by Crippen LogP contribution is -2.20. The van der Waals surface area contributed by atoms with Crippen LogP contribution in [0.25, 0.3) is 16.5 Å². The highest BCUT2D eigenvalue weighted by atomic mass is 35.5. The smallest absolute Gasteiger partial charge is 0.275 e. The second-order valence-corrected chi connectivity index (χ2v) is 6.66. The fraction of sp³-hybridized carbons (Fsp3) is 0.125. The molecule has 0 aliphatic rings. The van der Waals surface area contributed by atoms with E-state index in [1.54, 1.807) is 18.3 Å². The van der Waals surface area contributed by atoms with E-state index in [-0.39, 0.29) is 5.56 Å². The maximum absolute atomic E-state index is 12.3. The first-order valence-electron chi connectivity index (χ1n) is 7.23. The standard InChI is InChI=1S/C16H12ClN5OS/c1-10-7-14(23)22-16(19-15(20-22)12-3-2-6-24-12)21(10)9-11-4-5-13(17)18-8-11/h2-8H,9H2,1H3.